The Labute approximate surface area is 76.4 Å². The van der Waals surface area contributed by atoms with Gasteiger partial charge in [-0.15, -0.1) is 0 Å². The molecule has 0 aliphatic heterocycles. The van der Waals surface area contributed by atoms with E-state index in [1.54, 1.807) is 0 Å². The first-order chi connectivity index (χ1) is 6.29. The van der Waals surface area contributed by atoms with E-state index in [9.17, 15) is 0 Å². The molecule has 1 aliphatic carbocycles. The standard InChI is InChI=1S/C8H12N4O/c1-2-13-8-11-6(5-3-4-5)10-7(9)12-8/h5H,2-4H2,1H3,(H2,9,10,11,12). The summed E-state index contributed by atoms with van der Waals surface area (Å²) >= 11 is 0. The van der Waals surface area contributed by atoms with Crippen molar-refractivity contribution in [3.63, 3.8) is 0 Å². The Morgan fingerprint density at radius 1 is 1.38 bits per heavy atom. The SMILES string of the molecule is CCOc1nc(N)nc(C2CC2)n1. The first kappa shape index (κ1) is 8.22. The minimum Gasteiger partial charge on any atom is -0.464 e. The first-order valence-corrected chi connectivity index (χ1v) is 4.44. The molecular formula is C8H12N4O. The zero-order chi connectivity index (χ0) is 9.26. The number of nitrogen functional groups attached to an aromatic ring is 1. The molecule has 1 heterocycles. The van der Waals surface area contributed by atoms with Crippen molar-refractivity contribution in [1.29, 1.82) is 0 Å². The van der Waals surface area contributed by atoms with Crippen molar-refractivity contribution < 1.29 is 4.74 Å². The van der Waals surface area contributed by atoms with Crippen LogP contribution >= 0.6 is 0 Å². The summed E-state index contributed by atoms with van der Waals surface area (Å²) in [6, 6.07) is 0.344. The highest BCUT2D eigenvalue weighted by Gasteiger charge is 2.27. The summed E-state index contributed by atoms with van der Waals surface area (Å²) in [5.74, 6) is 1.50. The predicted octanol–water partition coefficient (Wildman–Crippen LogP) is 0.730. The zero-order valence-electron chi connectivity index (χ0n) is 7.53. The van der Waals surface area contributed by atoms with Crippen LogP contribution in [0.5, 0.6) is 6.01 Å². The topological polar surface area (TPSA) is 73.9 Å². The van der Waals surface area contributed by atoms with Crippen LogP contribution in [0.15, 0.2) is 0 Å². The largest absolute Gasteiger partial charge is 0.464 e. The van der Waals surface area contributed by atoms with Crippen molar-refractivity contribution in [3.05, 3.63) is 5.82 Å². The summed E-state index contributed by atoms with van der Waals surface area (Å²) in [5.41, 5.74) is 5.51. The molecule has 0 aromatic carbocycles. The van der Waals surface area contributed by atoms with Gasteiger partial charge in [-0.3, -0.25) is 0 Å². The van der Waals surface area contributed by atoms with Gasteiger partial charge in [0.1, 0.15) is 5.82 Å². The van der Waals surface area contributed by atoms with Crippen LogP contribution in [0.4, 0.5) is 5.95 Å². The summed E-state index contributed by atoms with van der Waals surface area (Å²) in [6.45, 7) is 2.43. The van der Waals surface area contributed by atoms with Crippen molar-refractivity contribution in [2.24, 2.45) is 0 Å². The molecule has 0 spiro atoms. The maximum absolute atomic E-state index is 5.51. The molecule has 2 rings (SSSR count). The first-order valence-electron chi connectivity index (χ1n) is 4.44. The number of aromatic nitrogens is 3. The molecule has 1 fully saturated rings. The molecule has 5 nitrogen and oxygen atoms in total. The van der Waals surface area contributed by atoms with Gasteiger partial charge in [-0.2, -0.15) is 15.0 Å². The van der Waals surface area contributed by atoms with E-state index in [2.05, 4.69) is 15.0 Å². The molecule has 5 heteroatoms. The van der Waals surface area contributed by atoms with Crippen molar-refractivity contribution in [3.8, 4) is 6.01 Å². The Kier molecular flexibility index (Phi) is 2.00. The number of hydrogen-bond acceptors (Lipinski definition) is 5. The van der Waals surface area contributed by atoms with Gasteiger partial charge in [0.25, 0.3) is 0 Å². The second-order valence-electron chi connectivity index (χ2n) is 3.04. The monoisotopic (exact) mass is 180 g/mol. The Hall–Kier alpha value is -1.39. The predicted molar refractivity (Wildman–Crippen MR) is 47.4 cm³/mol. The summed E-state index contributed by atoms with van der Waals surface area (Å²) in [6.07, 6.45) is 2.30. The zero-order valence-corrected chi connectivity index (χ0v) is 7.53. The van der Waals surface area contributed by atoms with E-state index in [0.717, 1.165) is 18.7 Å². The van der Waals surface area contributed by atoms with Crippen LogP contribution in [-0.4, -0.2) is 21.6 Å². The third-order valence-corrected chi connectivity index (χ3v) is 1.87. The van der Waals surface area contributed by atoms with Gasteiger partial charge < -0.3 is 10.5 Å². The van der Waals surface area contributed by atoms with E-state index in [0.29, 0.717) is 18.5 Å². The summed E-state index contributed by atoms with van der Waals surface area (Å²) in [5, 5.41) is 0. The van der Waals surface area contributed by atoms with Crippen LogP contribution in [0.2, 0.25) is 0 Å². The second-order valence-corrected chi connectivity index (χ2v) is 3.04. The van der Waals surface area contributed by atoms with E-state index in [1.165, 1.54) is 0 Å². The molecule has 0 unspecified atom stereocenters. The quantitative estimate of drug-likeness (QED) is 0.742. The second kappa shape index (κ2) is 3.16. The molecule has 13 heavy (non-hydrogen) atoms. The minimum absolute atomic E-state index is 0.250. The highest BCUT2D eigenvalue weighted by Crippen LogP contribution is 2.38. The highest BCUT2D eigenvalue weighted by atomic mass is 16.5. The molecule has 0 atom stereocenters. The lowest BCUT2D eigenvalue weighted by atomic mass is 10.4. The molecule has 1 aromatic heterocycles. The van der Waals surface area contributed by atoms with Gasteiger partial charge in [0.15, 0.2) is 0 Å². The molecule has 70 valence electrons. The number of nitrogens with zero attached hydrogens (tertiary/aromatic N) is 3. The van der Waals surface area contributed by atoms with Gasteiger partial charge in [-0.25, -0.2) is 0 Å². The van der Waals surface area contributed by atoms with Crippen LogP contribution in [0.1, 0.15) is 31.5 Å². The van der Waals surface area contributed by atoms with Gasteiger partial charge in [0.05, 0.1) is 6.61 Å². The van der Waals surface area contributed by atoms with Gasteiger partial charge in [0, 0.05) is 5.92 Å². The number of hydrogen-bond donors (Lipinski definition) is 1. The fraction of sp³-hybridized carbons (Fsp3) is 0.625. The van der Waals surface area contributed by atoms with Crippen LogP contribution < -0.4 is 10.5 Å². The highest BCUT2D eigenvalue weighted by molar-refractivity contribution is 5.21. The Morgan fingerprint density at radius 3 is 2.77 bits per heavy atom. The maximum atomic E-state index is 5.51. The fourth-order valence-electron chi connectivity index (χ4n) is 1.11. The van der Waals surface area contributed by atoms with Crippen LogP contribution in [0, 0.1) is 0 Å². The van der Waals surface area contributed by atoms with Crippen molar-refractivity contribution in [1.82, 2.24) is 15.0 Å². The van der Waals surface area contributed by atoms with E-state index >= 15 is 0 Å². The molecule has 1 aliphatic rings. The molecule has 0 amide bonds. The molecular weight excluding hydrogens is 168 g/mol. The van der Waals surface area contributed by atoms with E-state index in [4.69, 9.17) is 10.5 Å². The fourth-order valence-corrected chi connectivity index (χ4v) is 1.11. The average molecular weight is 180 g/mol. The summed E-state index contributed by atoms with van der Waals surface area (Å²) in [4.78, 5) is 12.1. The molecule has 0 saturated heterocycles. The number of anilines is 1. The van der Waals surface area contributed by atoms with E-state index in [-0.39, 0.29) is 5.95 Å². The Balaban J connectivity index is 2.25. The lowest BCUT2D eigenvalue weighted by Gasteiger charge is -2.03. The van der Waals surface area contributed by atoms with E-state index in [1.807, 2.05) is 6.92 Å². The molecule has 0 bridgehead atoms. The van der Waals surface area contributed by atoms with Crippen molar-refractivity contribution in [2.75, 3.05) is 12.3 Å². The average Bonchev–Trinajstić information content (AvgIpc) is 2.85. The molecule has 1 saturated carbocycles. The van der Waals surface area contributed by atoms with Crippen LogP contribution in [0.3, 0.4) is 0 Å². The number of ether oxygens (including phenoxy) is 1. The molecule has 1 aromatic rings. The summed E-state index contributed by atoms with van der Waals surface area (Å²) in [7, 11) is 0. The summed E-state index contributed by atoms with van der Waals surface area (Å²) < 4.78 is 5.16. The van der Waals surface area contributed by atoms with Crippen molar-refractivity contribution in [2.45, 2.75) is 25.7 Å². The minimum atomic E-state index is 0.250. The van der Waals surface area contributed by atoms with Crippen LogP contribution in [0.25, 0.3) is 0 Å². The smallest absolute Gasteiger partial charge is 0.321 e. The Bertz CT molecular complexity index is 311. The number of rotatable bonds is 3. The van der Waals surface area contributed by atoms with Gasteiger partial charge >= 0.3 is 6.01 Å². The third-order valence-electron chi connectivity index (χ3n) is 1.87. The molecule has 0 radical (unpaired) electrons. The third kappa shape index (κ3) is 1.85. The molecule has 2 N–H and O–H groups in total. The Morgan fingerprint density at radius 2 is 2.15 bits per heavy atom. The lowest BCUT2D eigenvalue weighted by molar-refractivity contribution is 0.310. The maximum Gasteiger partial charge on any atom is 0.321 e. The number of nitrogens with two attached hydrogens (primary N) is 1. The normalized spacial score (nSPS) is 15.8. The van der Waals surface area contributed by atoms with Crippen LogP contribution in [-0.2, 0) is 0 Å². The van der Waals surface area contributed by atoms with E-state index < -0.39 is 0 Å². The lowest BCUT2D eigenvalue weighted by Crippen LogP contribution is -2.06. The van der Waals surface area contributed by atoms with Gasteiger partial charge in [-0.05, 0) is 19.8 Å². The van der Waals surface area contributed by atoms with Crippen molar-refractivity contribution >= 4 is 5.95 Å². The van der Waals surface area contributed by atoms with Gasteiger partial charge in [0.2, 0.25) is 5.95 Å². The van der Waals surface area contributed by atoms with Gasteiger partial charge in [-0.1, -0.05) is 0 Å².